The van der Waals surface area contributed by atoms with Crippen molar-refractivity contribution < 1.29 is 27.4 Å². The largest absolute Gasteiger partial charge is 0.489 e. The number of carboxylic acid groups (broad SMARTS) is 1. The number of rotatable bonds is 10. The van der Waals surface area contributed by atoms with Crippen LogP contribution in [0.5, 0.6) is 5.75 Å². The Labute approximate surface area is 221 Å². The topological polar surface area (TPSA) is 92.7 Å². The number of hydrogen-bond donors (Lipinski definition) is 2. The van der Waals surface area contributed by atoms with Gasteiger partial charge < -0.3 is 9.84 Å². The lowest BCUT2D eigenvalue weighted by Gasteiger charge is -2.20. The van der Waals surface area contributed by atoms with Gasteiger partial charge in [0.1, 0.15) is 24.2 Å². The van der Waals surface area contributed by atoms with Crippen molar-refractivity contribution in [1.29, 1.82) is 0 Å². The molecule has 4 aromatic carbocycles. The molecule has 4 rings (SSSR count). The Morgan fingerprint density at radius 3 is 2.11 bits per heavy atom. The molecule has 6 nitrogen and oxygen atoms in total. The van der Waals surface area contributed by atoms with E-state index in [4.69, 9.17) is 4.74 Å². The van der Waals surface area contributed by atoms with Crippen molar-refractivity contribution in [2.24, 2.45) is 5.92 Å². The molecule has 0 aliphatic carbocycles. The quantitative estimate of drug-likeness (QED) is 0.256. The Morgan fingerprint density at radius 1 is 0.868 bits per heavy atom. The number of carboxylic acids is 1. The zero-order valence-corrected chi connectivity index (χ0v) is 21.8. The predicted octanol–water partition coefficient (Wildman–Crippen LogP) is 6.13. The Balaban J connectivity index is 1.64. The second-order valence-corrected chi connectivity index (χ2v) is 10.9. The lowest BCUT2D eigenvalue weighted by molar-refractivity contribution is -0.140. The maximum Gasteiger partial charge on any atom is 0.322 e. The van der Waals surface area contributed by atoms with Gasteiger partial charge in [0.25, 0.3) is 0 Å². The minimum atomic E-state index is -4.14. The second kappa shape index (κ2) is 11.6. The fourth-order valence-corrected chi connectivity index (χ4v) is 5.53. The normalized spacial score (nSPS) is 12.3. The van der Waals surface area contributed by atoms with Crippen LogP contribution in [0.2, 0.25) is 0 Å². The van der Waals surface area contributed by atoms with Crippen LogP contribution in [-0.2, 0) is 21.4 Å². The summed E-state index contributed by atoms with van der Waals surface area (Å²) >= 11 is 0. The van der Waals surface area contributed by atoms with Gasteiger partial charge in [0.15, 0.2) is 0 Å². The number of aliphatic carboxylic acids is 1. The van der Waals surface area contributed by atoms with Crippen molar-refractivity contribution in [3.05, 3.63) is 108 Å². The van der Waals surface area contributed by atoms with Crippen LogP contribution in [0, 0.1) is 11.7 Å². The molecule has 0 aromatic heterocycles. The molecule has 38 heavy (non-hydrogen) atoms. The first kappa shape index (κ1) is 27.0. The smallest absolute Gasteiger partial charge is 0.322 e. The molecule has 2 N–H and O–H groups in total. The maximum atomic E-state index is 13.3. The Bertz CT molecular complexity index is 1500. The fourth-order valence-electron chi connectivity index (χ4n) is 3.98. The van der Waals surface area contributed by atoms with Crippen molar-refractivity contribution in [1.82, 2.24) is 4.72 Å². The van der Waals surface area contributed by atoms with Crippen LogP contribution in [0.3, 0.4) is 0 Å². The molecule has 0 bridgehead atoms. The number of sulfonamides is 1. The van der Waals surface area contributed by atoms with E-state index >= 15 is 0 Å². The van der Waals surface area contributed by atoms with E-state index in [2.05, 4.69) is 4.72 Å². The lowest BCUT2D eigenvalue weighted by Crippen LogP contribution is -2.44. The third-order valence-electron chi connectivity index (χ3n) is 6.08. The highest BCUT2D eigenvalue weighted by atomic mass is 32.2. The predicted molar refractivity (Wildman–Crippen MR) is 145 cm³/mol. The summed E-state index contributed by atoms with van der Waals surface area (Å²) < 4.78 is 47.8. The van der Waals surface area contributed by atoms with E-state index < -0.39 is 28.0 Å². The van der Waals surface area contributed by atoms with Crippen molar-refractivity contribution in [3.8, 4) is 28.0 Å². The van der Waals surface area contributed by atoms with Gasteiger partial charge in [-0.15, -0.1) is 0 Å². The van der Waals surface area contributed by atoms with Gasteiger partial charge in [-0.2, -0.15) is 4.72 Å². The number of benzene rings is 4. The zero-order chi connectivity index (χ0) is 27.3. The highest BCUT2D eigenvalue weighted by Crippen LogP contribution is 2.33. The van der Waals surface area contributed by atoms with E-state index in [1.54, 1.807) is 38.1 Å². The van der Waals surface area contributed by atoms with E-state index in [1.165, 1.54) is 18.2 Å². The SMILES string of the molecule is CC(C)[C@@H](NS(=O)(=O)c1ccc(-c2ccc(COc3ccc(F)cc3)cc2)cc1-c1ccccc1)C(=O)O. The average Bonchev–Trinajstić information content (AvgIpc) is 2.91. The van der Waals surface area contributed by atoms with Crippen molar-refractivity contribution in [3.63, 3.8) is 0 Å². The number of nitrogens with one attached hydrogen (secondary N) is 1. The molecule has 0 aliphatic heterocycles. The van der Waals surface area contributed by atoms with Crippen molar-refractivity contribution >= 4 is 16.0 Å². The molecule has 0 spiro atoms. The van der Waals surface area contributed by atoms with Gasteiger partial charge >= 0.3 is 5.97 Å². The molecule has 8 heteroatoms. The average molecular weight is 534 g/mol. The summed E-state index contributed by atoms with van der Waals surface area (Å²) in [5, 5.41) is 9.52. The van der Waals surface area contributed by atoms with E-state index in [-0.39, 0.29) is 10.7 Å². The van der Waals surface area contributed by atoms with Gasteiger partial charge in [-0.1, -0.05) is 74.5 Å². The molecule has 4 aromatic rings. The van der Waals surface area contributed by atoms with Crippen molar-refractivity contribution in [2.75, 3.05) is 0 Å². The molecule has 0 fully saturated rings. The van der Waals surface area contributed by atoms with Gasteiger partial charge in [0.2, 0.25) is 10.0 Å². The van der Waals surface area contributed by atoms with Crippen LogP contribution < -0.4 is 9.46 Å². The maximum absolute atomic E-state index is 13.3. The first-order valence-corrected chi connectivity index (χ1v) is 13.5. The molecule has 0 saturated heterocycles. The fraction of sp³-hybridized carbons (Fsp3) is 0.167. The van der Waals surface area contributed by atoms with Gasteiger partial charge in [-0.25, -0.2) is 12.8 Å². The third-order valence-corrected chi connectivity index (χ3v) is 7.57. The van der Waals surface area contributed by atoms with Gasteiger partial charge in [0.05, 0.1) is 4.90 Å². The van der Waals surface area contributed by atoms with Crippen LogP contribution in [0.4, 0.5) is 4.39 Å². The number of hydrogen-bond acceptors (Lipinski definition) is 4. The molecule has 1 atom stereocenters. The Kier molecular flexibility index (Phi) is 8.24. The summed E-state index contributed by atoms with van der Waals surface area (Å²) in [7, 11) is -4.14. The summed E-state index contributed by atoms with van der Waals surface area (Å²) in [5.74, 6) is -1.43. The van der Waals surface area contributed by atoms with Crippen LogP contribution in [0.1, 0.15) is 19.4 Å². The van der Waals surface area contributed by atoms with Gasteiger partial charge in [-0.05, 0) is 64.6 Å². The molecule has 0 radical (unpaired) electrons. The molecule has 0 aliphatic rings. The summed E-state index contributed by atoms with van der Waals surface area (Å²) in [6.45, 7) is 3.61. The van der Waals surface area contributed by atoms with Crippen LogP contribution in [-0.4, -0.2) is 25.5 Å². The number of ether oxygens (including phenoxy) is 1. The summed E-state index contributed by atoms with van der Waals surface area (Å²) in [5.41, 5.74) is 3.74. The van der Waals surface area contributed by atoms with Gasteiger partial charge in [-0.3, -0.25) is 4.79 Å². The number of carbonyl (C=O) groups is 1. The van der Waals surface area contributed by atoms with Crippen LogP contribution >= 0.6 is 0 Å². The minimum Gasteiger partial charge on any atom is -0.489 e. The van der Waals surface area contributed by atoms with Crippen LogP contribution in [0.15, 0.2) is 102 Å². The Hall–Kier alpha value is -4.01. The highest BCUT2D eigenvalue weighted by molar-refractivity contribution is 7.89. The van der Waals surface area contributed by atoms with E-state index in [9.17, 15) is 22.7 Å². The Morgan fingerprint density at radius 2 is 1.50 bits per heavy atom. The monoisotopic (exact) mass is 533 g/mol. The summed E-state index contributed by atoms with van der Waals surface area (Å²) in [6, 6.07) is 26.3. The third kappa shape index (κ3) is 6.45. The standard InChI is InChI=1S/C30H28FNO5S/c1-20(2)29(30(33)34)32-38(35,36)28-17-12-24(18-27(28)23-6-4-3-5-7-23)22-10-8-21(9-11-22)19-37-26-15-13-25(31)14-16-26/h3-18,20,29,32H,19H2,1-2H3,(H,33,34)/t29-/m1/s1. The summed E-state index contributed by atoms with van der Waals surface area (Å²) in [4.78, 5) is 11.7. The molecule has 0 saturated carbocycles. The molecule has 0 unspecified atom stereocenters. The molecule has 0 heterocycles. The number of halogens is 1. The zero-order valence-electron chi connectivity index (χ0n) is 21.0. The first-order valence-electron chi connectivity index (χ1n) is 12.1. The highest BCUT2D eigenvalue weighted by Gasteiger charge is 2.29. The molecule has 196 valence electrons. The van der Waals surface area contributed by atoms with E-state index in [0.717, 1.165) is 16.7 Å². The first-order chi connectivity index (χ1) is 18.1. The molecular formula is C30H28FNO5S. The van der Waals surface area contributed by atoms with Gasteiger partial charge in [0, 0.05) is 5.56 Å². The van der Waals surface area contributed by atoms with Crippen molar-refractivity contribution in [2.45, 2.75) is 31.4 Å². The summed E-state index contributed by atoms with van der Waals surface area (Å²) in [6.07, 6.45) is 0. The molecule has 0 amide bonds. The second-order valence-electron chi connectivity index (χ2n) is 9.20. The van der Waals surface area contributed by atoms with E-state index in [0.29, 0.717) is 23.5 Å². The minimum absolute atomic E-state index is 0.00340. The van der Waals surface area contributed by atoms with Crippen LogP contribution in [0.25, 0.3) is 22.3 Å². The lowest BCUT2D eigenvalue weighted by atomic mass is 9.98. The van der Waals surface area contributed by atoms with E-state index in [1.807, 2.05) is 54.6 Å². The molecular weight excluding hydrogens is 505 g/mol.